The van der Waals surface area contributed by atoms with Gasteiger partial charge in [0.05, 0.1) is 33.0 Å². The summed E-state index contributed by atoms with van der Waals surface area (Å²) < 4.78 is 27.1. The molecule has 7 heteroatoms. The van der Waals surface area contributed by atoms with Gasteiger partial charge in [0.2, 0.25) is 0 Å². The fourth-order valence-corrected chi connectivity index (χ4v) is 3.68. The van der Waals surface area contributed by atoms with Crippen LogP contribution in [0.3, 0.4) is 0 Å². The van der Waals surface area contributed by atoms with Gasteiger partial charge in [-0.05, 0) is 37.6 Å². The van der Waals surface area contributed by atoms with E-state index < -0.39 is 10.8 Å². The molecule has 0 saturated heterocycles. The quantitative estimate of drug-likeness (QED) is 0.849. The van der Waals surface area contributed by atoms with Crippen LogP contribution in [0.15, 0.2) is 35.0 Å². The molecule has 1 aromatic heterocycles. The Kier molecular flexibility index (Phi) is 6.32. The summed E-state index contributed by atoms with van der Waals surface area (Å²) in [6, 6.07) is 5.45. The molecule has 0 spiro atoms. The molecule has 0 aliphatic carbocycles. The molecule has 130 valence electrons. The van der Waals surface area contributed by atoms with Gasteiger partial charge < -0.3 is 5.73 Å². The van der Waals surface area contributed by atoms with Crippen molar-refractivity contribution in [2.45, 2.75) is 31.7 Å². The number of benzene rings is 1. The highest BCUT2D eigenvalue weighted by molar-refractivity contribution is 7.84. The molecule has 0 aliphatic rings. The largest absolute Gasteiger partial charge is 0.327 e. The van der Waals surface area contributed by atoms with E-state index in [0.29, 0.717) is 16.5 Å². The van der Waals surface area contributed by atoms with Crippen LogP contribution in [0.5, 0.6) is 0 Å². The average Bonchev–Trinajstić information content (AvgIpc) is 2.75. The van der Waals surface area contributed by atoms with E-state index in [4.69, 9.17) is 17.3 Å². The highest BCUT2D eigenvalue weighted by Crippen LogP contribution is 2.23. The Morgan fingerprint density at radius 3 is 2.75 bits per heavy atom. The molecule has 1 heterocycles. The van der Waals surface area contributed by atoms with Gasteiger partial charge in [-0.2, -0.15) is 5.10 Å². The maximum atomic E-state index is 13.8. The van der Waals surface area contributed by atoms with Crippen molar-refractivity contribution in [2.75, 3.05) is 12.8 Å². The summed E-state index contributed by atoms with van der Waals surface area (Å²) in [6.45, 7) is 4.49. The molecule has 4 nitrogen and oxygen atoms in total. The Morgan fingerprint density at radius 1 is 1.46 bits per heavy atom. The van der Waals surface area contributed by atoms with Crippen LogP contribution in [0.4, 0.5) is 4.39 Å². The van der Waals surface area contributed by atoms with E-state index in [1.54, 1.807) is 18.4 Å². The van der Waals surface area contributed by atoms with Crippen molar-refractivity contribution in [3.63, 3.8) is 0 Å². The Bertz CT molecular complexity index is 801. The van der Waals surface area contributed by atoms with Gasteiger partial charge in [0, 0.05) is 30.5 Å². The van der Waals surface area contributed by atoms with Crippen LogP contribution in [0.1, 0.15) is 22.5 Å². The van der Waals surface area contributed by atoms with Gasteiger partial charge in [0.1, 0.15) is 5.83 Å². The third-order valence-corrected chi connectivity index (χ3v) is 5.25. The van der Waals surface area contributed by atoms with Gasteiger partial charge in [-0.1, -0.05) is 17.7 Å². The first-order valence-corrected chi connectivity index (χ1v) is 9.46. The first-order chi connectivity index (χ1) is 11.3. The van der Waals surface area contributed by atoms with Gasteiger partial charge in [0.15, 0.2) is 0 Å². The van der Waals surface area contributed by atoms with E-state index >= 15 is 0 Å². The third kappa shape index (κ3) is 4.32. The summed E-state index contributed by atoms with van der Waals surface area (Å²) >= 11 is 6.18. The van der Waals surface area contributed by atoms with E-state index in [0.717, 1.165) is 22.5 Å². The fourth-order valence-electron chi connectivity index (χ4n) is 2.56. The molecular weight excluding hydrogens is 349 g/mol. The van der Waals surface area contributed by atoms with Crippen LogP contribution in [0.2, 0.25) is 5.02 Å². The third-order valence-electron chi connectivity index (χ3n) is 3.85. The summed E-state index contributed by atoms with van der Waals surface area (Å²) in [4.78, 5) is 0.614. The Hall–Kier alpha value is -1.50. The average molecular weight is 370 g/mol. The highest BCUT2D eigenvalue weighted by atomic mass is 35.5. The number of nitrogens with two attached hydrogens (primary N) is 1. The minimum Gasteiger partial charge on any atom is -0.327 e. The molecule has 0 fully saturated rings. The summed E-state index contributed by atoms with van der Waals surface area (Å²) in [5, 5.41) is 4.97. The molecule has 0 bridgehead atoms. The zero-order valence-electron chi connectivity index (χ0n) is 14.0. The molecule has 0 radical (unpaired) electrons. The molecule has 0 aliphatic heterocycles. The summed E-state index contributed by atoms with van der Waals surface area (Å²) in [7, 11) is -1.12. The van der Waals surface area contributed by atoms with Gasteiger partial charge in [-0.3, -0.25) is 8.89 Å². The SMILES string of the molecule is Cc1nn(Cc2ccc(S(C)=O)c(Cl)c2)c(C)c1C/C(F)=C/CN. The van der Waals surface area contributed by atoms with Crippen molar-refractivity contribution in [2.24, 2.45) is 5.73 Å². The Morgan fingerprint density at radius 2 is 2.17 bits per heavy atom. The maximum Gasteiger partial charge on any atom is 0.102 e. The number of nitrogens with zero attached hydrogens (tertiary/aromatic N) is 2. The lowest BCUT2D eigenvalue weighted by Crippen LogP contribution is -2.05. The van der Waals surface area contributed by atoms with Crippen molar-refractivity contribution in [1.29, 1.82) is 0 Å². The first-order valence-electron chi connectivity index (χ1n) is 7.52. The van der Waals surface area contributed by atoms with Crippen LogP contribution in [-0.4, -0.2) is 26.8 Å². The topological polar surface area (TPSA) is 60.9 Å². The minimum atomic E-state index is -1.12. The highest BCUT2D eigenvalue weighted by Gasteiger charge is 2.14. The number of hydrogen-bond acceptors (Lipinski definition) is 3. The zero-order valence-corrected chi connectivity index (χ0v) is 15.5. The Labute approximate surface area is 149 Å². The lowest BCUT2D eigenvalue weighted by atomic mass is 10.1. The summed E-state index contributed by atoms with van der Waals surface area (Å²) in [6.07, 6.45) is 3.17. The van der Waals surface area contributed by atoms with Gasteiger partial charge in [-0.15, -0.1) is 0 Å². The zero-order chi connectivity index (χ0) is 17.9. The molecule has 24 heavy (non-hydrogen) atoms. The van der Waals surface area contributed by atoms with Crippen LogP contribution >= 0.6 is 11.6 Å². The van der Waals surface area contributed by atoms with E-state index in [1.165, 1.54) is 6.08 Å². The van der Waals surface area contributed by atoms with Gasteiger partial charge in [0.25, 0.3) is 0 Å². The van der Waals surface area contributed by atoms with E-state index in [1.807, 2.05) is 24.6 Å². The van der Waals surface area contributed by atoms with Gasteiger partial charge >= 0.3 is 0 Å². The van der Waals surface area contributed by atoms with Crippen LogP contribution in [-0.2, 0) is 23.8 Å². The van der Waals surface area contributed by atoms with Crippen molar-refractivity contribution < 1.29 is 8.60 Å². The standard InChI is InChI=1S/C17H21ClFN3OS/c1-11-15(9-14(19)6-7-20)12(2)22(21-11)10-13-4-5-17(24(3)23)16(18)8-13/h4-6,8H,7,9-10,20H2,1-3H3/b14-6-. The number of halogens is 2. The molecule has 0 saturated carbocycles. The van der Waals surface area contributed by atoms with Crippen molar-refractivity contribution in [3.05, 3.63) is 57.6 Å². The van der Waals surface area contributed by atoms with E-state index in [-0.39, 0.29) is 18.8 Å². The number of allylic oxidation sites excluding steroid dienone is 1. The second-order valence-corrected chi connectivity index (χ2v) is 7.34. The molecule has 2 rings (SSSR count). The monoisotopic (exact) mass is 369 g/mol. The van der Waals surface area contributed by atoms with Crippen LogP contribution in [0, 0.1) is 13.8 Å². The van der Waals surface area contributed by atoms with Crippen LogP contribution < -0.4 is 5.73 Å². The number of rotatable bonds is 6. The molecule has 0 amide bonds. The van der Waals surface area contributed by atoms with E-state index in [2.05, 4.69) is 5.10 Å². The molecule has 1 aromatic carbocycles. The molecule has 1 atom stereocenters. The number of hydrogen-bond donors (Lipinski definition) is 1. The maximum absolute atomic E-state index is 13.8. The minimum absolute atomic E-state index is 0.182. The smallest absolute Gasteiger partial charge is 0.102 e. The number of aromatic nitrogens is 2. The predicted octanol–water partition coefficient (Wildman–Crippen LogP) is 3.29. The normalized spacial score (nSPS) is 13.3. The lowest BCUT2D eigenvalue weighted by molar-refractivity contribution is 0.605. The second-order valence-electron chi connectivity index (χ2n) is 5.59. The molecule has 2 aromatic rings. The van der Waals surface area contributed by atoms with Crippen LogP contribution in [0.25, 0.3) is 0 Å². The molecule has 2 N–H and O–H groups in total. The first kappa shape index (κ1) is 18.8. The number of aryl methyl sites for hydroxylation is 1. The fraction of sp³-hybridized carbons (Fsp3) is 0.353. The van der Waals surface area contributed by atoms with E-state index in [9.17, 15) is 8.60 Å². The molecular formula is C17H21ClFN3OS. The van der Waals surface area contributed by atoms with Crippen molar-refractivity contribution in [1.82, 2.24) is 9.78 Å². The van der Waals surface area contributed by atoms with Crippen molar-refractivity contribution in [3.8, 4) is 0 Å². The lowest BCUT2D eigenvalue weighted by Gasteiger charge is -2.08. The summed E-state index contributed by atoms with van der Waals surface area (Å²) in [5.74, 6) is -0.249. The predicted molar refractivity (Wildman–Crippen MR) is 96.5 cm³/mol. The Balaban J connectivity index is 2.26. The van der Waals surface area contributed by atoms with Gasteiger partial charge in [-0.25, -0.2) is 4.39 Å². The summed E-state index contributed by atoms with van der Waals surface area (Å²) in [5.41, 5.74) is 8.87. The second kappa shape index (κ2) is 8.05. The molecule has 1 unspecified atom stereocenters. The van der Waals surface area contributed by atoms with Crippen molar-refractivity contribution >= 4 is 22.4 Å².